The lowest BCUT2D eigenvalue weighted by molar-refractivity contribution is -0.118. The van der Waals surface area contributed by atoms with E-state index in [1.807, 2.05) is 44.2 Å². The highest BCUT2D eigenvalue weighted by Crippen LogP contribution is 2.38. The van der Waals surface area contributed by atoms with Gasteiger partial charge in [0.25, 0.3) is 0 Å². The summed E-state index contributed by atoms with van der Waals surface area (Å²) in [4.78, 5) is 13.8. The van der Waals surface area contributed by atoms with Gasteiger partial charge in [0.15, 0.2) is 0 Å². The molecule has 1 aromatic rings. The number of thioether (sulfide) groups is 1. The monoisotopic (exact) mass is 311 g/mol. The van der Waals surface area contributed by atoms with Crippen LogP contribution in [0.25, 0.3) is 0 Å². The van der Waals surface area contributed by atoms with Crippen LogP contribution in [0.1, 0.15) is 20.8 Å². The molecule has 0 fully saturated rings. The molecular formula is C14H18ClN3OS. The number of amides is 1. The SMILES string of the molecule is CC(Cl)C(=O)N(CC1N=NC(C)(C)S1)c1ccccc1. The van der Waals surface area contributed by atoms with Crippen LogP contribution in [0.5, 0.6) is 0 Å². The number of benzene rings is 1. The summed E-state index contributed by atoms with van der Waals surface area (Å²) in [6.45, 7) is 6.20. The Morgan fingerprint density at radius 3 is 2.60 bits per heavy atom. The third-order valence-corrected chi connectivity index (χ3v) is 4.23. The molecule has 0 N–H and O–H groups in total. The van der Waals surface area contributed by atoms with Gasteiger partial charge in [-0.15, -0.1) is 11.6 Å². The van der Waals surface area contributed by atoms with Gasteiger partial charge in [0, 0.05) is 5.69 Å². The van der Waals surface area contributed by atoms with E-state index in [1.165, 1.54) is 0 Å². The number of para-hydroxylation sites is 1. The molecule has 0 bridgehead atoms. The Kier molecular flexibility index (Phi) is 4.70. The average Bonchev–Trinajstić information content (AvgIpc) is 2.75. The van der Waals surface area contributed by atoms with Crippen molar-refractivity contribution in [1.82, 2.24) is 0 Å². The highest BCUT2D eigenvalue weighted by Gasteiger charge is 2.32. The number of azo groups is 1. The fourth-order valence-corrected chi connectivity index (χ4v) is 3.15. The van der Waals surface area contributed by atoms with Crippen molar-refractivity contribution in [2.24, 2.45) is 10.2 Å². The minimum atomic E-state index is -0.563. The van der Waals surface area contributed by atoms with Gasteiger partial charge in [0.05, 0.1) is 6.54 Å². The second-order valence-corrected chi connectivity index (χ2v) is 7.57. The van der Waals surface area contributed by atoms with Crippen molar-refractivity contribution < 1.29 is 4.79 Å². The summed E-state index contributed by atoms with van der Waals surface area (Å²) in [5.41, 5.74) is 0.838. The summed E-state index contributed by atoms with van der Waals surface area (Å²) in [7, 11) is 0. The first-order chi connectivity index (χ1) is 9.39. The van der Waals surface area contributed by atoms with Crippen molar-refractivity contribution in [3.63, 3.8) is 0 Å². The van der Waals surface area contributed by atoms with Crippen LogP contribution in [-0.4, -0.2) is 28.1 Å². The van der Waals surface area contributed by atoms with E-state index in [-0.39, 0.29) is 16.2 Å². The van der Waals surface area contributed by atoms with Gasteiger partial charge in [-0.2, -0.15) is 10.2 Å². The van der Waals surface area contributed by atoms with E-state index in [2.05, 4.69) is 10.2 Å². The van der Waals surface area contributed by atoms with Gasteiger partial charge in [0.2, 0.25) is 5.91 Å². The van der Waals surface area contributed by atoms with E-state index in [0.717, 1.165) is 5.69 Å². The van der Waals surface area contributed by atoms with Crippen molar-refractivity contribution in [2.45, 2.75) is 36.4 Å². The van der Waals surface area contributed by atoms with Gasteiger partial charge in [-0.1, -0.05) is 30.0 Å². The van der Waals surface area contributed by atoms with Crippen molar-refractivity contribution in [3.05, 3.63) is 30.3 Å². The maximum absolute atomic E-state index is 12.3. The normalized spacial score (nSPS) is 21.7. The molecule has 2 unspecified atom stereocenters. The zero-order valence-electron chi connectivity index (χ0n) is 11.8. The lowest BCUT2D eigenvalue weighted by Crippen LogP contribution is -2.39. The van der Waals surface area contributed by atoms with Gasteiger partial charge in [-0.05, 0) is 32.9 Å². The Morgan fingerprint density at radius 1 is 1.45 bits per heavy atom. The predicted octanol–water partition coefficient (Wildman–Crippen LogP) is 3.91. The van der Waals surface area contributed by atoms with E-state index in [9.17, 15) is 4.79 Å². The number of halogens is 1. The summed E-state index contributed by atoms with van der Waals surface area (Å²) >= 11 is 7.61. The molecular weight excluding hydrogens is 294 g/mol. The van der Waals surface area contributed by atoms with Crippen LogP contribution in [-0.2, 0) is 4.79 Å². The maximum atomic E-state index is 12.3. The fraction of sp³-hybridized carbons (Fsp3) is 0.500. The Balaban J connectivity index is 2.16. The molecule has 1 aromatic carbocycles. The molecule has 1 amide bonds. The van der Waals surface area contributed by atoms with Crippen LogP contribution in [0, 0.1) is 0 Å². The van der Waals surface area contributed by atoms with Gasteiger partial charge in [0.1, 0.15) is 15.6 Å². The number of carbonyl (C=O) groups excluding carboxylic acids is 1. The number of alkyl halides is 1. The first-order valence-electron chi connectivity index (χ1n) is 6.49. The molecule has 1 heterocycles. The topological polar surface area (TPSA) is 45.0 Å². The second-order valence-electron chi connectivity index (χ2n) is 5.14. The van der Waals surface area contributed by atoms with Crippen molar-refractivity contribution >= 4 is 35.0 Å². The summed E-state index contributed by atoms with van der Waals surface area (Å²) in [5.74, 6) is -0.113. The molecule has 2 rings (SSSR count). The number of hydrogen-bond donors (Lipinski definition) is 0. The van der Waals surface area contributed by atoms with Crippen LogP contribution < -0.4 is 4.90 Å². The van der Waals surface area contributed by atoms with E-state index >= 15 is 0 Å². The maximum Gasteiger partial charge on any atom is 0.244 e. The molecule has 0 saturated carbocycles. The molecule has 4 nitrogen and oxygen atoms in total. The molecule has 0 spiro atoms. The third-order valence-electron chi connectivity index (χ3n) is 2.86. The summed E-state index contributed by atoms with van der Waals surface area (Å²) < 4.78 is 0. The molecule has 6 heteroatoms. The minimum Gasteiger partial charge on any atom is -0.308 e. The Hall–Kier alpha value is -1.07. The molecule has 0 aliphatic carbocycles. The van der Waals surface area contributed by atoms with Crippen LogP contribution >= 0.6 is 23.4 Å². The van der Waals surface area contributed by atoms with E-state index in [0.29, 0.717) is 6.54 Å². The molecule has 20 heavy (non-hydrogen) atoms. The van der Waals surface area contributed by atoms with E-state index in [1.54, 1.807) is 23.6 Å². The Bertz CT molecular complexity index is 504. The average molecular weight is 312 g/mol. The fourth-order valence-electron chi connectivity index (χ4n) is 1.96. The molecule has 0 saturated heterocycles. The lowest BCUT2D eigenvalue weighted by atomic mass is 10.2. The lowest BCUT2D eigenvalue weighted by Gasteiger charge is -2.26. The Morgan fingerprint density at radius 2 is 2.10 bits per heavy atom. The van der Waals surface area contributed by atoms with Gasteiger partial charge >= 0.3 is 0 Å². The smallest absolute Gasteiger partial charge is 0.244 e. The number of carbonyl (C=O) groups is 1. The van der Waals surface area contributed by atoms with Gasteiger partial charge < -0.3 is 4.90 Å². The van der Waals surface area contributed by atoms with Crippen LogP contribution in [0.2, 0.25) is 0 Å². The largest absolute Gasteiger partial charge is 0.308 e. The molecule has 2 atom stereocenters. The first-order valence-corrected chi connectivity index (χ1v) is 7.81. The third kappa shape index (κ3) is 3.73. The quantitative estimate of drug-likeness (QED) is 0.791. The second kappa shape index (κ2) is 6.14. The molecule has 0 aromatic heterocycles. The number of hydrogen-bond acceptors (Lipinski definition) is 4. The zero-order valence-corrected chi connectivity index (χ0v) is 13.4. The van der Waals surface area contributed by atoms with Crippen LogP contribution in [0.3, 0.4) is 0 Å². The standard InChI is InChI=1S/C14H18ClN3OS/c1-10(15)13(19)18(11-7-5-4-6-8-11)9-12-16-17-14(2,3)20-12/h4-8,10,12H,9H2,1-3H3. The van der Waals surface area contributed by atoms with E-state index < -0.39 is 5.38 Å². The van der Waals surface area contributed by atoms with Crippen molar-refractivity contribution in [1.29, 1.82) is 0 Å². The zero-order chi connectivity index (χ0) is 14.8. The van der Waals surface area contributed by atoms with Crippen molar-refractivity contribution in [2.75, 3.05) is 11.4 Å². The first kappa shape index (κ1) is 15.3. The molecule has 1 aliphatic rings. The Labute approximate surface area is 128 Å². The van der Waals surface area contributed by atoms with E-state index in [4.69, 9.17) is 11.6 Å². The summed E-state index contributed by atoms with van der Waals surface area (Å²) in [6, 6.07) is 9.53. The van der Waals surface area contributed by atoms with Gasteiger partial charge in [-0.25, -0.2) is 0 Å². The highest BCUT2D eigenvalue weighted by atomic mass is 35.5. The predicted molar refractivity (Wildman–Crippen MR) is 84.4 cm³/mol. The molecule has 0 radical (unpaired) electrons. The molecule has 1 aliphatic heterocycles. The minimum absolute atomic E-state index is 0.0513. The number of nitrogens with zero attached hydrogens (tertiary/aromatic N) is 3. The highest BCUT2D eigenvalue weighted by molar-refractivity contribution is 8.01. The van der Waals surface area contributed by atoms with Crippen molar-refractivity contribution in [3.8, 4) is 0 Å². The number of rotatable bonds is 4. The van der Waals surface area contributed by atoms with Gasteiger partial charge in [-0.3, -0.25) is 4.79 Å². The van der Waals surface area contributed by atoms with Crippen LogP contribution in [0.15, 0.2) is 40.6 Å². The van der Waals surface area contributed by atoms with Crippen LogP contribution in [0.4, 0.5) is 5.69 Å². The summed E-state index contributed by atoms with van der Waals surface area (Å²) in [5, 5.41) is 7.85. The summed E-state index contributed by atoms with van der Waals surface area (Å²) in [6.07, 6.45) is 0. The number of anilines is 1. The molecule has 108 valence electrons.